The molecule has 0 saturated heterocycles. The number of aromatic nitrogens is 1. The van der Waals surface area contributed by atoms with E-state index in [4.69, 9.17) is 9.47 Å². The number of hydrogen-bond donors (Lipinski definition) is 0. The molecule has 0 spiro atoms. The maximum Gasteiger partial charge on any atom is 0.146 e. The summed E-state index contributed by atoms with van der Waals surface area (Å²) in [5, 5.41) is 0. The van der Waals surface area contributed by atoms with Gasteiger partial charge < -0.3 is 14.4 Å². The van der Waals surface area contributed by atoms with Crippen LogP contribution in [-0.4, -0.2) is 37.2 Å². The minimum absolute atomic E-state index is 0.130. The average Bonchev–Trinajstić information content (AvgIpc) is 2.69. The Hall–Kier alpha value is -2.50. The molecule has 5 heteroatoms. The third-order valence-electron chi connectivity index (χ3n) is 4.09. The molecule has 0 aliphatic carbocycles. The summed E-state index contributed by atoms with van der Waals surface area (Å²) in [6, 6.07) is 12.6. The molecular weight excluding hydrogens is 326 g/mol. The molecule has 0 amide bonds. The van der Waals surface area contributed by atoms with Gasteiger partial charge in [0.1, 0.15) is 6.79 Å². The van der Waals surface area contributed by atoms with Gasteiger partial charge in [0.25, 0.3) is 0 Å². The molecule has 1 aromatic heterocycles. The first-order valence-electron chi connectivity index (χ1n) is 8.67. The largest absolute Gasteiger partial charge is 0.359 e. The molecule has 2 aromatic rings. The first-order chi connectivity index (χ1) is 12.7. The topological polar surface area (TPSA) is 47.0 Å². The molecule has 0 aliphatic rings. The van der Waals surface area contributed by atoms with Gasteiger partial charge in [0.15, 0.2) is 0 Å². The van der Waals surface area contributed by atoms with E-state index in [1.165, 1.54) is 0 Å². The van der Waals surface area contributed by atoms with Crippen LogP contribution in [0.4, 0.5) is 0 Å². The first kappa shape index (κ1) is 19.8. The molecule has 0 fully saturated rings. The van der Waals surface area contributed by atoms with Crippen molar-refractivity contribution in [1.82, 2.24) is 9.88 Å². The smallest absolute Gasteiger partial charge is 0.146 e. The van der Waals surface area contributed by atoms with Gasteiger partial charge >= 0.3 is 0 Å². The van der Waals surface area contributed by atoms with E-state index >= 15 is 0 Å². The maximum absolute atomic E-state index is 5.36. The monoisotopic (exact) mass is 353 g/mol. The highest BCUT2D eigenvalue weighted by atomic mass is 16.7. The van der Waals surface area contributed by atoms with E-state index in [1.54, 1.807) is 26.7 Å². The van der Waals surface area contributed by atoms with Crippen LogP contribution in [0.15, 0.2) is 60.4 Å². The van der Waals surface area contributed by atoms with Gasteiger partial charge in [0.2, 0.25) is 0 Å². The van der Waals surface area contributed by atoms with E-state index in [-0.39, 0.29) is 6.04 Å². The van der Waals surface area contributed by atoms with E-state index in [0.717, 1.165) is 28.8 Å². The molecule has 138 valence electrons. The van der Waals surface area contributed by atoms with E-state index in [1.807, 2.05) is 11.1 Å². The Balaban J connectivity index is 2.11. The van der Waals surface area contributed by atoms with E-state index < -0.39 is 0 Å². The third kappa shape index (κ3) is 5.25. The van der Waals surface area contributed by atoms with Crippen LogP contribution in [0.2, 0.25) is 0 Å². The molecule has 0 radical (unpaired) electrons. The van der Waals surface area contributed by atoms with Gasteiger partial charge in [-0.3, -0.25) is 9.98 Å². The molecule has 2 rings (SSSR count). The third-order valence-corrected chi connectivity index (χ3v) is 4.09. The second-order valence-electron chi connectivity index (χ2n) is 5.85. The second-order valence-corrected chi connectivity index (χ2v) is 5.85. The molecular formula is C21H27N3O2. The number of rotatable bonds is 10. The van der Waals surface area contributed by atoms with Gasteiger partial charge in [-0.05, 0) is 29.8 Å². The van der Waals surface area contributed by atoms with E-state index in [9.17, 15) is 0 Å². The van der Waals surface area contributed by atoms with Crippen LogP contribution < -0.4 is 0 Å². The molecule has 5 nitrogen and oxygen atoms in total. The molecule has 1 aromatic carbocycles. The lowest BCUT2D eigenvalue weighted by Gasteiger charge is -2.25. The van der Waals surface area contributed by atoms with Crippen LogP contribution in [0.25, 0.3) is 11.1 Å². The quantitative estimate of drug-likeness (QED) is 0.274. The van der Waals surface area contributed by atoms with Gasteiger partial charge in [-0.1, -0.05) is 43.8 Å². The summed E-state index contributed by atoms with van der Waals surface area (Å²) in [4.78, 5) is 10.7. The fourth-order valence-electron chi connectivity index (χ4n) is 2.77. The summed E-state index contributed by atoms with van der Waals surface area (Å²) in [5.41, 5.74) is 4.33. The summed E-state index contributed by atoms with van der Waals surface area (Å²) in [5.74, 6) is 0. The van der Waals surface area contributed by atoms with Crippen molar-refractivity contribution in [2.24, 2.45) is 4.99 Å². The summed E-state index contributed by atoms with van der Waals surface area (Å²) < 4.78 is 10.3. The highest BCUT2D eigenvalue weighted by Crippen LogP contribution is 2.25. The van der Waals surface area contributed by atoms with E-state index in [0.29, 0.717) is 13.4 Å². The Morgan fingerprint density at radius 1 is 1.19 bits per heavy atom. The van der Waals surface area contributed by atoms with Crippen molar-refractivity contribution in [3.8, 4) is 11.1 Å². The van der Waals surface area contributed by atoms with Crippen molar-refractivity contribution in [2.75, 3.05) is 21.0 Å². The molecule has 0 saturated carbocycles. The number of ether oxygens (including phenoxy) is 2. The van der Waals surface area contributed by atoms with Crippen molar-refractivity contribution >= 4 is 6.34 Å². The van der Waals surface area contributed by atoms with Crippen molar-refractivity contribution in [2.45, 2.75) is 26.0 Å². The minimum atomic E-state index is 0.130. The molecule has 0 bridgehead atoms. The highest BCUT2D eigenvalue weighted by Gasteiger charge is 2.15. The molecule has 1 unspecified atom stereocenters. The van der Waals surface area contributed by atoms with Crippen LogP contribution in [-0.2, 0) is 16.1 Å². The van der Waals surface area contributed by atoms with Crippen molar-refractivity contribution < 1.29 is 9.47 Å². The van der Waals surface area contributed by atoms with Crippen molar-refractivity contribution in [3.63, 3.8) is 0 Å². The summed E-state index contributed by atoms with van der Waals surface area (Å²) in [6.45, 7) is 6.84. The Morgan fingerprint density at radius 2 is 1.92 bits per heavy atom. The van der Waals surface area contributed by atoms with Gasteiger partial charge in [0.05, 0.1) is 24.7 Å². The minimum Gasteiger partial charge on any atom is -0.359 e. The van der Waals surface area contributed by atoms with Gasteiger partial charge in [-0.2, -0.15) is 0 Å². The summed E-state index contributed by atoms with van der Waals surface area (Å²) in [7, 11) is 3.37. The first-order valence-corrected chi connectivity index (χ1v) is 8.67. The fourth-order valence-corrected chi connectivity index (χ4v) is 2.77. The van der Waals surface area contributed by atoms with E-state index in [2.05, 4.69) is 59.9 Å². The van der Waals surface area contributed by atoms with Gasteiger partial charge in [0, 0.05) is 25.9 Å². The Morgan fingerprint density at radius 3 is 2.46 bits per heavy atom. The normalized spacial score (nSPS) is 12.3. The Labute approximate surface area is 156 Å². The second kappa shape index (κ2) is 10.5. The number of nitrogens with zero attached hydrogens (tertiary/aromatic N) is 3. The molecule has 26 heavy (non-hydrogen) atoms. The number of benzene rings is 1. The van der Waals surface area contributed by atoms with Crippen LogP contribution in [0.5, 0.6) is 0 Å². The number of methoxy groups -OCH3 is 1. The zero-order valence-corrected chi connectivity index (χ0v) is 15.8. The number of hydrogen-bond acceptors (Lipinski definition) is 4. The van der Waals surface area contributed by atoms with Gasteiger partial charge in [-0.25, -0.2) is 0 Å². The lowest BCUT2D eigenvalue weighted by atomic mass is 10.0. The summed E-state index contributed by atoms with van der Waals surface area (Å²) >= 11 is 0. The van der Waals surface area contributed by atoms with Crippen LogP contribution in [0.3, 0.4) is 0 Å². The van der Waals surface area contributed by atoms with Crippen molar-refractivity contribution in [1.29, 1.82) is 0 Å². The molecule has 1 atom stereocenters. The summed E-state index contributed by atoms with van der Waals surface area (Å²) in [6.07, 6.45) is 6.39. The SMILES string of the molecule is C=CN(C=NC)C(CC)c1ccc(-c2ccc(COCOC)cc2)cn1. The molecule has 0 aliphatic heterocycles. The fraction of sp³-hybridized carbons (Fsp3) is 0.333. The van der Waals surface area contributed by atoms with Gasteiger partial charge in [-0.15, -0.1) is 0 Å². The highest BCUT2D eigenvalue weighted by molar-refractivity contribution is 5.63. The van der Waals surface area contributed by atoms with Crippen LogP contribution in [0.1, 0.15) is 30.6 Å². The predicted octanol–water partition coefficient (Wildman–Crippen LogP) is 4.42. The zero-order valence-electron chi connectivity index (χ0n) is 15.8. The standard InChI is InChI=1S/C21H27N3O2/c1-5-21(24(6-2)15-22-3)20-12-11-19(13-23-20)18-9-7-17(8-10-18)14-26-16-25-4/h6-13,15,21H,2,5,14,16H2,1,3-4H3. The number of pyridine rings is 1. The Bertz CT molecular complexity index is 696. The lowest BCUT2D eigenvalue weighted by molar-refractivity contribution is -0.0390. The predicted molar refractivity (Wildman–Crippen MR) is 106 cm³/mol. The van der Waals surface area contributed by atoms with Crippen LogP contribution in [0, 0.1) is 0 Å². The average molecular weight is 353 g/mol. The number of aliphatic imine (C=N–C) groups is 1. The zero-order chi connectivity index (χ0) is 18.8. The van der Waals surface area contributed by atoms with Crippen molar-refractivity contribution in [3.05, 3.63) is 66.6 Å². The Kier molecular flexibility index (Phi) is 7.99. The maximum atomic E-state index is 5.36. The lowest BCUT2D eigenvalue weighted by Crippen LogP contribution is -2.22. The van der Waals surface area contributed by atoms with Crippen LogP contribution >= 0.6 is 0 Å². The molecule has 0 N–H and O–H groups in total. The molecule has 1 heterocycles.